The molecule has 1 amide bonds. The molecular formula is C20H24ClNO2. The SMILES string of the molecule is CCC(C)c1ccccc1OC(C)C(=O)Nc1cc(Cl)ccc1C. The van der Waals surface area contributed by atoms with E-state index < -0.39 is 6.10 Å². The Balaban J connectivity index is 2.11. The molecule has 0 fully saturated rings. The van der Waals surface area contributed by atoms with Crippen molar-refractivity contribution in [2.24, 2.45) is 0 Å². The first-order valence-electron chi connectivity index (χ1n) is 8.25. The van der Waals surface area contributed by atoms with Gasteiger partial charge in [-0.15, -0.1) is 0 Å². The Bertz CT molecular complexity index is 715. The lowest BCUT2D eigenvalue weighted by Crippen LogP contribution is -2.30. The zero-order valence-electron chi connectivity index (χ0n) is 14.6. The molecule has 0 saturated heterocycles. The lowest BCUT2D eigenvalue weighted by atomic mass is 9.98. The molecule has 0 spiro atoms. The highest BCUT2D eigenvalue weighted by Gasteiger charge is 2.18. The Labute approximate surface area is 149 Å². The number of carbonyl (C=O) groups excluding carboxylic acids is 1. The van der Waals surface area contributed by atoms with Crippen LogP contribution in [0.1, 0.15) is 44.2 Å². The molecule has 0 bridgehead atoms. The number of amides is 1. The number of ether oxygens (including phenoxy) is 1. The van der Waals surface area contributed by atoms with Crippen LogP contribution in [0.3, 0.4) is 0 Å². The Kier molecular flexibility index (Phi) is 6.27. The van der Waals surface area contributed by atoms with Crippen LogP contribution in [0.15, 0.2) is 42.5 Å². The van der Waals surface area contributed by atoms with E-state index >= 15 is 0 Å². The topological polar surface area (TPSA) is 38.3 Å². The molecule has 1 N–H and O–H groups in total. The molecule has 0 aromatic heterocycles. The van der Waals surface area contributed by atoms with Crippen LogP contribution in [0.4, 0.5) is 5.69 Å². The van der Waals surface area contributed by atoms with Gasteiger partial charge in [-0.25, -0.2) is 0 Å². The van der Waals surface area contributed by atoms with E-state index in [9.17, 15) is 4.79 Å². The zero-order valence-corrected chi connectivity index (χ0v) is 15.4. The summed E-state index contributed by atoms with van der Waals surface area (Å²) in [6, 6.07) is 13.3. The summed E-state index contributed by atoms with van der Waals surface area (Å²) in [6.07, 6.45) is 0.413. The van der Waals surface area contributed by atoms with Crippen molar-refractivity contribution in [1.82, 2.24) is 0 Å². The van der Waals surface area contributed by atoms with Crippen LogP contribution in [0.25, 0.3) is 0 Å². The quantitative estimate of drug-likeness (QED) is 0.743. The van der Waals surface area contributed by atoms with E-state index in [0.29, 0.717) is 16.6 Å². The molecule has 0 saturated carbocycles. The number of hydrogen-bond donors (Lipinski definition) is 1. The van der Waals surface area contributed by atoms with E-state index in [2.05, 4.69) is 25.2 Å². The Morgan fingerprint density at radius 3 is 2.62 bits per heavy atom. The third kappa shape index (κ3) is 4.51. The first-order chi connectivity index (χ1) is 11.4. The second-order valence-electron chi connectivity index (χ2n) is 6.06. The molecule has 0 aliphatic rings. The van der Waals surface area contributed by atoms with Crippen LogP contribution in [0.2, 0.25) is 5.02 Å². The van der Waals surface area contributed by atoms with Gasteiger partial charge in [0.25, 0.3) is 5.91 Å². The van der Waals surface area contributed by atoms with Crippen LogP contribution in [0.5, 0.6) is 5.75 Å². The van der Waals surface area contributed by atoms with Gasteiger partial charge in [-0.05, 0) is 55.5 Å². The third-order valence-corrected chi connectivity index (χ3v) is 4.43. The molecule has 24 heavy (non-hydrogen) atoms. The fourth-order valence-electron chi connectivity index (χ4n) is 2.42. The molecule has 2 aromatic carbocycles. The largest absolute Gasteiger partial charge is 0.481 e. The molecule has 0 radical (unpaired) electrons. The molecular weight excluding hydrogens is 322 g/mol. The van der Waals surface area contributed by atoms with E-state index in [-0.39, 0.29) is 5.91 Å². The number of aryl methyl sites for hydroxylation is 1. The Morgan fingerprint density at radius 2 is 1.92 bits per heavy atom. The summed E-state index contributed by atoms with van der Waals surface area (Å²) in [4.78, 5) is 12.5. The smallest absolute Gasteiger partial charge is 0.265 e. The van der Waals surface area contributed by atoms with Crippen LogP contribution in [0, 0.1) is 6.92 Å². The summed E-state index contributed by atoms with van der Waals surface area (Å²) in [6.45, 7) is 7.97. The number of nitrogens with one attached hydrogen (secondary N) is 1. The third-order valence-electron chi connectivity index (χ3n) is 4.19. The van der Waals surface area contributed by atoms with Crippen molar-refractivity contribution in [2.45, 2.75) is 46.1 Å². The molecule has 3 nitrogen and oxygen atoms in total. The molecule has 4 heteroatoms. The number of benzene rings is 2. The van der Waals surface area contributed by atoms with E-state index in [4.69, 9.17) is 16.3 Å². The minimum atomic E-state index is -0.603. The van der Waals surface area contributed by atoms with Gasteiger partial charge in [-0.3, -0.25) is 4.79 Å². The average molecular weight is 346 g/mol. The number of anilines is 1. The van der Waals surface area contributed by atoms with Gasteiger partial charge in [-0.1, -0.05) is 49.7 Å². The number of para-hydroxylation sites is 1. The van der Waals surface area contributed by atoms with Crippen molar-refractivity contribution in [1.29, 1.82) is 0 Å². The summed E-state index contributed by atoms with van der Waals surface area (Å²) in [5.74, 6) is 0.947. The van der Waals surface area contributed by atoms with Crippen molar-refractivity contribution in [3.63, 3.8) is 0 Å². The van der Waals surface area contributed by atoms with Crippen molar-refractivity contribution in [3.05, 3.63) is 58.6 Å². The maximum Gasteiger partial charge on any atom is 0.265 e. The van der Waals surface area contributed by atoms with E-state index in [0.717, 1.165) is 23.3 Å². The number of halogens is 1. The summed E-state index contributed by atoms with van der Waals surface area (Å²) in [5, 5.41) is 3.47. The normalized spacial score (nSPS) is 13.2. The van der Waals surface area contributed by atoms with Crippen LogP contribution < -0.4 is 10.1 Å². The summed E-state index contributed by atoms with van der Waals surface area (Å²) < 4.78 is 5.93. The predicted molar refractivity (Wildman–Crippen MR) is 100 cm³/mol. The standard InChI is InChI=1S/C20H24ClNO2/c1-5-13(2)17-8-6-7-9-19(17)24-15(4)20(23)22-18-12-16(21)11-10-14(18)3/h6-13,15H,5H2,1-4H3,(H,22,23). The highest BCUT2D eigenvalue weighted by atomic mass is 35.5. The van der Waals surface area contributed by atoms with Gasteiger partial charge in [-0.2, -0.15) is 0 Å². The summed E-state index contributed by atoms with van der Waals surface area (Å²) >= 11 is 6.00. The van der Waals surface area contributed by atoms with Crippen molar-refractivity contribution < 1.29 is 9.53 Å². The first kappa shape index (κ1) is 18.3. The summed E-state index contributed by atoms with van der Waals surface area (Å²) in [5.41, 5.74) is 2.79. The number of carbonyl (C=O) groups is 1. The van der Waals surface area contributed by atoms with E-state index in [1.165, 1.54) is 0 Å². The fourth-order valence-corrected chi connectivity index (χ4v) is 2.59. The van der Waals surface area contributed by atoms with Gasteiger partial charge in [0.15, 0.2) is 6.10 Å². The number of rotatable bonds is 6. The van der Waals surface area contributed by atoms with Gasteiger partial charge >= 0.3 is 0 Å². The lowest BCUT2D eigenvalue weighted by Gasteiger charge is -2.20. The maximum absolute atomic E-state index is 12.5. The monoisotopic (exact) mass is 345 g/mol. The zero-order chi connectivity index (χ0) is 17.7. The highest BCUT2D eigenvalue weighted by Crippen LogP contribution is 2.29. The molecule has 0 aliphatic heterocycles. The minimum Gasteiger partial charge on any atom is -0.481 e. The number of hydrogen-bond acceptors (Lipinski definition) is 2. The van der Waals surface area contributed by atoms with Crippen LogP contribution in [-0.4, -0.2) is 12.0 Å². The van der Waals surface area contributed by atoms with Gasteiger partial charge < -0.3 is 10.1 Å². The molecule has 128 valence electrons. The fraction of sp³-hybridized carbons (Fsp3) is 0.350. The van der Waals surface area contributed by atoms with E-state index in [1.807, 2.05) is 31.2 Å². The van der Waals surface area contributed by atoms with Crippen LogP contribution >= 0.6 is 11.6 Å². The maximum atomic E-state index is 12.5. The Hall–Kier alpha value is -2.00. The van der Waals surface area contributed by atoms with Gasteiger partial charge in [0.2, 0.25) is 0 Å². The predicted octanol–water partition coefficient (Wildman–Crippen LogP) is 5.57. The van der Waals surface area contributed by atoms with Crippen molar-refractivity contribution >= 4 is 23.2 Å². The molecule has 2 unspecified atom stereocenters. The van der Waals surface area contributed by atoms with Gasteiger partial charge in [0.05, 0.1) is 0 Å². The highest BCUT2D eigenvalue weighted by molar-refractivity contribution is 6.31. The first-order valence-corrected chi connectivity index (χ1v) is 8.62. The van der Waals surface area contributed by atoms with Crippen molar-refractivity contribution in [2.75, 3.05) is 5.32 Å². The molecule has 2 rings (SSSR count). The second-order valence-corrected chi connectivity index (χ2v) is 6.49. The van der Waals surface area contributed by atoms with E-state index in [1.54, 1.807) is 19.1 Å². The lowest BCUT2D eigenvalue weighted by molar-refractivity contribution is -0.122. The molecule has 2 aromatic rings. The Morgan fingerprint density at radius 1 is 1.21 bits per heavy atom. The van der Waals surface area contributed by atoms with Crippen LogP contribution in [-0.2, 0) is 4.79 Å². The second kappa shape index (κ2) is 8.20. The van der Waals surface area contributed by atoms with Gasteiger partial charge in [0, 0.05) is 10.7 Å². The molecule has 0 aliphatic carbocycles. The van der Waals surface area contributed by atoms with Gasteiger partial charge in [0.1, 0.15) is 5.75 Å². The molecule has 2 atom stereocenters. The van der Waals surface area contributed by atoms with Crippen molar-refractivity contribution in [3.8, 4) is 5.75 Å². The average Bonchev–Trinajstić information content (AvgIpc) is 2.57. The molecule has 0 heterocycles. The minimum absolute atomic E-state index is 0.195. The summed E-state index contributed by atoms with van der Waals surface area (Å²) in [7, 11) is 0.